The number of aliphatic carboxylic acids is 1. The molecular formula is C13H23N3O4. The molecule has 0 radical (unpaired) electrons. The van der Waals surface area contributed by atoms with Crippen molar-refractivity contribution in [3.8, 4) is 0 Å². The lowest BCUT2D eigenvalue weighted by Crippen LogP contribution is -2.52. The molecule has 3 N–H and O–H groups in total. The maximum atomic E-state index is 11.9. The third-order valence-electron chi connectivity index (χ3n) is 3.19. The van der Waals surface area contributed by atoms with Gasteiger partial charge in [0.15, 0.2) is 0 Å². The lowest BCUT2D eigenvalue weighted by molar-refractivity contribution is -0.137. The van der Waals surface area contributed by atoms with Gasteiger partial charge in [0.05, 0.1) is 6.42 Å². The fourth-order valence-corrected chi connectivity index (χ4v) is 2.18. The molecule has 0 aliphatic carbocycles. The summed E-state index contributed by atoms with van der Waals surface area (Å²) in [5, 5.41) is 13.8. The summed E-state index contributed by atoms with van der Waals surface area (Å²) in [4.78, 5) is 35.6. The van der Waals surface area contributed by atoms with Crippen LogP contribution in [-0.4, -0.2) is 53.6 Å². The number of carboxylic acids is 1. The normalized spacial score (nSPS) is 18.8. The largest absolute Gasteiger partial charge is 0.481 e. The number of hydrogen-bond acceptors (Lipinski definition) is 3. The van der Waals surface area contributed by atoms with E-state index in [0.717, 1.165) is 19.4 Å². The zero-order chi connectivity index (χ0) is 15.1. The van der Waals surface area contributed by atoms with Crippen LogP contribution in [0.4, 0.5) is 4.79 Å². The Kier molecular flexibility index (Phi) is 6.27. The van der Waals surface area contributed by atoms with E-state index < -0.39 is 5.97 Å². The second kappa shape index (κ2) is 7.72. The standard InChI is InChI=1S/C13H23N3O4/c1-9(2)12(19)16-7-3-4-10(8-16)15-13(20)14-6-5-11(17)18/h9-10H,3-8H2,1-2H3,(H,17,18)(H2,14,15,20). The Labute approximate surface area is 118 Å². The topological polar surface area (TPSA) is 98.7 Å². The molecule has 3 amide bonds. The highest BCUT2D eigenvalue weighted by Gasteiger charge is 2.25. The van der Waals surface area contributed by atoms with Crippen LogP contribution in [-0.2, 0) is 9.59 Å². The van der Waals surface area contributed by atoms with Crippen molar-refractivity contribution in [1.29, 1.82) is 0 Å². The number of likely N-dealkylation sites (tertiary alicyclic amines) is 1. The first-order chi connectivity index (χ1) is 9.40. The molecule has 1 heterocycles. The molecule has 0 aromatic heterocycles. The van der Waals surface area contributed by atoms with E-state index in [1.807, 2.05) is 13.8 Å². The molecule has 0 bridgehead atoms. The second-order valence-electron chi connectivity index (χ2n) is 5.32. The van der Waals surface area contributed by atoms with Crippen LogP contribution in [0.5, 0.6) is 0 Å². The van der Waals surface area contributed by atoms with Crippen molar-refractivity contribution in [2.75, 3.05) is 19.6 Å². The molecule has 1 atom stereocenters. The smallest absolute Gasteiger partial charge is 0.315 e. The molecule has 1 aliphatic rings. The molecule has 7 heteroatoms. The lowest BCUT2D eigenvalue weighted by atomic mass is 10.0. The van der Waals surface area contributed by atoms with Crippen LogP contribution in [0.1, 0.15) is 33.1 Å². The fourth-order valence-electron chi connectivity index (χ4n) is 2.18. The number of nitrogens with zero attached hydrogens (tertiary/aromatic N) is 1. The molecular weight excluding hydrogens is 262 g/mol. The van der Waals surface area contributed by atoms with Crippen molar-refractivity contribution in [2.24, 2.45) is 5.92 Å². The molecule has 0 saturated carbocycles. The Morgan fingerprint density at radius 3 is 2.65 bits per heavy atom. The molecule has 1 unspecified atom stereocenters. The molecule has 0 aromatic carbocycles. The molecule has 1 fully saturated rings. The number of nitrogens with one attached hydrogen (secondary N) is 2. The Morgan fingerprint density at radius 1 is 1.35 bits per heavy atom. The highest BCUT2D eigenvalue weighted by atomic mass is 16.4. The first-order valence-electron chi connectivity index (χ1n) is 6.95. The summed E-state index contributed by atoms with van der Waals surface area (Å²) in [5.41, 5.74) is 0. The van der Waals surface area contributed by atoms with Gasteiger partial charge in [0.1, 0.15) is 0 Å². The number of carboxylic acid groups (broad SMARTS) is 1. The monoisotopic (exact) mass is 285 g/mol. The number of carbonyl (C=O) groups is 3. The minimum Gasteiger partial charge on any atom is -0.481 e. The van der Waals surface area contributed by atoms with Gasteiger partial charge >= 0.3 is 12.0 Å². The summed E-state index contributed by atoms with van der Waals surface area (Å²) in [6, 6.07) is -0.452. The SMILES string of the molecule is CC(C)C(=O)N1CCCC(NC(=O)NCCC(=O)O)C1. The second-order valence-corrected chi connectivity index (χ2v) is 5.32. The minimum absolute atomic E-state index is 0.0434. The molecule has 20 heavy (non-hydrogen) atoms. The van der Waals surface area contributed by atoms with Gasteiger partial charge in [-0.15, -0.1) is 0 Å². The van der Waals surface area contributed by atoms with E-state index in [1.54, 1.807) is 4.90 Å². The van der Waals surface area contributed by atoms with Gasteiger partial charge in [-0.1, -0.05) is 13.8 Å². The lowest BCUT2D eigenvalue weighted by Gasteiger charge is -2.34. The van der Waals surface area contributed by atoms with Crippen molar-refractivity contribution in [2.45, 2.75) is 39.2 Å². The Bertz CT molecular complexity index is 371. The summed E-state index contributed by atoms with van der Waals surface area (Å²) >= 11 is 0. The highest BCUT2D eigenvalue weighted by molar-refractivity contribution is 5.78. The van der Waals surface area contributed by atoms with Gasteiger partial charge in [-0.2, -0.15) is 0 Å². The van der Waals surface area contributed by atoms with Gasteiger partial charge in [-0.3, -0.25) is 9.59 Å². The Morgan fingerprint density at radius 2 is 2.05 bits per heavy atom. The Balaban J connectivity index is 2.34. The third-order valence-corrected chi connectivity index (χ3v) is 3.19. The molecule has 114 valence electrons. The zero-order valence-electron chi connectivity index (χ0n) is 12.0. The van der Waals surface area contributed by atoms with Gasteiger partial charge in [-0.25, -0.2) is 4.79 Å². The molecule has 7 nitrogen and oxygen atoms in total. The summed E-state index contributed by atoms with van der Waals surface area (Å²) in [6.45, 7) is 5.07. The van der Waals surface area contributed by atoms with Crippen LogP contribution < -0.4 is 10.6 Å². The van der Waals surface area contributed by atoms with E-state index in [0.29, 0.717) is 6.54 Å². The van der Waals surface area contributed by atoms with Crippen molar-refractivity contribution >= 4 is 17.9 Å². The predicted octanol–water partition coefficient (Wildman–Crippen LogP) is 0.407. The molecule has 1 aliphatic heterocycles. The van der Waals surface area contributed by atoms with Crippen LogP contribution in [0, 0.1) is 5.92 Å². The third kappa shape index (κ3) is 5.46. The maximum Gasteiger partial charge on any atom is 0.315 e. The van der Waals surface area contributed by atoms with E-state index in [1.165, 1.54) is 0 Å². The first kappa shape index (κ1) is 16.3. The van der Waals surface area contributed by atoms with Crippen LogP contribution in [0.15, 0.2) is 0 Å². The van der Waals surface area contributed by atoms with Crippen LogP contribution in [0.2, 0.25) is 0 Å². The number of piperidine rings is 1. The summed E-state index contributed by atoms with van der Waals surface area (Å²) in [6.07, 6.45) is 1.59. The molecule has 0 spiro atoms. The Hall–Kier alpha value is -1.79. The van der Waals surface area contributed by atoms with Crippen molar-refractivity contribution in [1.82, 2.24) is 15.5 Å². The molecule has 1 rings (SSSR count). The summed E-state index contributed by atoms with van der Waals surface area (Å²) < 4.78 is 0. The van der Waals surface area contributed by atoms with Gasteiger partial charge < -0.3 is 20.6 Å². The van der Waals surface area contributed by atoms with E-state index in [9.17, 15) is 14.4 Å². The zero-order valence-corrected chi connectivity index (χ0v) is 12.0. The average Bonchev–Trinajstić information content (AvgIpc) is 2.37. The number of hydrogen-bond donors (Lipinski definition) is 3. The quantitative estimate of drug-likeness (QED) is 0.681. The number of rotatable bonds is 5. The molecule has 1 saturated heterocycles. The van der Waals surface area contributed by atoms with E-state index in [2.05, 4.69) is 10.6 Å². The number of urea groups is 1. The number of carbonyl (C=O) groups excluding carboxylic acids is 2. The minimum atomic E-state index is -0.948. The first-order valence-corrected chi connectivity index (χ1v) is 6.95. The van der Waals surface area contributed by atoms with Gasteiger partial charge in [0.25, 0.3) is 0 Å². The van der Waals surface area contributed by atoms with Crippen LogP contribution in [0.25, 0.3) is 0 Å². The van der Waals surface area contributed by atoms with Crippen LogP contribution in [0.3, 0.4) is 0 Å². The highest BCUT2D eigenvalue weighted by Crippen LogP contribution is 2.13. The van der Waals surface area contributed by atoms with Gasteiger partial charge in [0.2, 0.25) is 5.91 Å². The predicted molar refractivity (Wildman–Crippen MR) is 73.2 cm³/mol. The molecule has 0 aromatic rings. The average molecular weight is 285 g/mol. The maximum absolute atomic E-state index is 11.9. The van der Waals surface area contributed by atoms with Gasteiger partial charge in [0, 0.05) is 31.6 Å². The van der Waals surface area contributed by atoms with Crippen molar-refractivity contribution in [3.05, 3.63) is 0 Å². The van der Waals surface area contributed by atoms with Gasteiger partial charge in [-0.05, 0) is 12.8 Å². The summed E-state index contributed by atoms with van der Waals surface area (Å²) in [7, 11) is 0. The van der Waals surface area contributed by atoms with Crippen molar-refractivity contribution < 1.29 is 19.5 Å². The van der Waals surface area contributed by atoms with E-state index in [4.69, 9.17) is 5.11 Å². The van der Waals surface area contributed by atoms with E-state index >= 15 is 0 Å². The summed E-state index contributed by atoms with van der Waals surface area (Å²) in [5.74, 6) is -0.891. The fraction of sp³-hybridized carbons (Fsp3) is 0.769. The number of amides is 3. The van der Waals surface area contributed by atoms with E-state index in [-0.39, 0.29) is 36.9 Å². The van der Waals surface area contributed by atoms with Crippen molar-refractivity contribution in [3.63, 3.8) is 0 Å². The van der Waals surface area contributed by atoms with Crippen LogP contribution >= 0.6 is 0 Å².